The van der Waals surface area contributed by atoms with E-state index >= 15 is 0 Å². The summed E-state index contributed by atoms with van der Waals surface area (Å²) < 4.78 is 0. The second-order valence-electron chi connectivity index (χ2n) is 3.39. The summed E-state index contributed by atoms with van der Waals surface area (Å²) in [5, 5.41) is 11.3. The summed E-state index contributed by atoms with van der Waals surface area (Å²) in [4.78, 5) is 15.8. The van der Waals surface area contributed by atoms with Gasteiger partial charge >= 0.3 is 51.4 Å². The van der Waals surface area contributed by atoms with Gasteiger partial charge in [0.2, 0.25) is 6.19 Å². The molecule has 1 aliphatic rings. The van der Waals surface area contributed by atoms with Crippen molar-refractivity contribution in [2.24, 2.45) is 4.99 Å². The van der Waals surface area contributed by atoms with Crippen molar-refractivity contribution in [1.82, 2.24) is 5.32 Å². The summed E-state index contributed by atoms with van der Waals surface area (Å²) in [6, 6.07) is 9.64. The van der Waals surface area contributed by atoms with Crippen molar-refractivity contribution in [3.8, 4) is 6.19 Å². The molecular formula is C12H10KN3OS. The van der Waals surface area contributed by atoms with E-state index in [-0.39, 0.29) is 58.7 Å². The Morgan fingerprint density at radius 2 is 2.11 bits per heavy atom. The van der Waals surface area contributed by atoms with E-state index in [1.165, 1.54) is 11.8 Å². The SMILES string of the molecule is CC(=C1SC(=NC#N)NC1=O)c1ccccc1.[H-].[K+]. The molecule has 1 N–H and O–H groups in total. The third-order valence-corrected chi connectivity index (χ3v) is 3.41. The normalized spacial score (nSPS) is 18.9. The standard InChI is InChI=1S/C12H9N3OS.K.H/c1-8(9-5-3-2-4-6-9)10-11(16)15-12(17-10)14-7-13;;/h2-6H,1H3,(H,14,15,16);;/q;+1;-1. The number of carbonyl (C=O) groups is 1. The zero-order chi connectivity index (χ0) is 12.3. The molecule has 0 saturated carbocycles. The van der Waals surface area contributed by atoms with Gasteiger partial charge in [-0.2, -0.15) is 5.26 Å². The van der Waals surface area contributed by atoms with Crippen LogP contribution in [0.5, 0.6) is 0 Å². The topological polar surface area (TPSA) is 65.2 Å². The average molecular weight is 283 g/mol. The molecule has 1 aromatic carbocycles. The number of nitrogens with one attached hydrogen (secondary N) is 1. The van der Waals surface area contributed by atoms with Gasteiger partial charge in [-0.15, -0.1) is 4.99 Å². The Kier molecular flexibility index (Phi) is 6.28. The van der Waals surface area contributed by atoms with Gasteiger partial charge in [-0.25, -0.2) is 0 Å². The Hall–Kier alpha value is -0.424. The Bertz CT molecular complexity index is 566. The van der Waals surface area contributed by atoms with Gasteiger partial charge in [0.15, 0.2) is 5.17 Å². The first-order valence-electron chi connectivity index (χ1n) is 4.94. The minimum Gasteiger partial charge on any atom is -1.00 e. The Morgan fingerprint density at radius 3 is 2.72 bits per heavy atom. The van der Waals surface area contributed by atoms with Crippen LogP contribution in [0, 0.1) is 11.5 Å². The molecule has 4 nitrogen and oxygen atoms in total. The maximum Gasteiger partial charge on any atom is 1.00 e. The van der Waals surface area contributed by atoms with Crippen LogP contribution >= 0.6 is 11.8 Å². The molecule has 0 aliphatic carbocycles. The fraction of sp³-hybridized carbons (Fsp3) is 0.0833. The molecule has 0 radical (unpaired) electrons. The van der Waals surface area contributed by atoms with Gasteiger partial charge in [0.1, 0.15) is 0 Å². The molecule has 1 saturated heterocycles. The first-order chi connectivity index (χ1) is 8.22. The number of nitriles is 1. The van der Waals surface area contributed by atoms with Crippen molar-refractivity contribution in [3.63, 3.8) is 0 Å². The number of allylic oxidation sites excluding steroid dienone is 1. The van der Waals surface area contributed by atoms with Crippen LogP contribution < -0.4 is 56.7 Å². The van der Waals surface area contributed by atoms with E-state index in [0.717, 1.165) is 11.1 Å². The van der Waals surface area contributed by atoms with Crippen molar-refractivity contribution in [1.29, 1.82) is 5.26 Å². The minimum absolute atomic E-state index is 0. The molecule has 1 heterocycles. The number of amides is 1. The summed E-state index contributed by atoms with van der Waals surface area (Å²) in [6.45, 7) is 1.88. The number of nitrogens with zero attached hydrogens (tertiary/aromatic N) is 2. The molecule has 1 fully saturated rings. The summed E-state index contributed by atoms with van der Waals surface area (Å²) in [5.74, 6) is -0.203. The molecule has 1 amide bonds. The summed E-state index contributed by atoms with van der Waals surface area (Å²) >= 11 is 1.19. The molecule has 1 aromatic rings. The van der Waals surface area contributed by atoms with Gasteiger partial charge < -0.3 is 1.43 Å². The van der Waals surface area contributed by atoms with E-state index < -0.39 is 0 Å². The van der Waals surface area contributed by atoms with Crippen LogP contribution in [0.25, 0.3) is 5.57 Å². The van der Waals surface area contributed by atoms with Gasteiger partial charge in [-0.1, -0.05) is 30.3 Å². The van der Waals surface area contributed by atoms with E-state index in [0.29, 0.717) is 10.1 Å². The Balaban J connectivity index is 0.00000162. The molecule has 18 heavy (non-hydrogen) atoms. The molecule has 0 bridgehead atoms. The smallest absolute Gasteiger partial charge is 1.00 e. The first-order valence-corrected chi connectivity index (χ1v) is 5.76. The number of amidine groups is 1. The third-order valence-electron chi connectivity index (χ3n) is 2.32. The number of thioether (sulfide) groups is 1. The average Bonchev–Trinajstić information content (AvgIpc) is 2.71. The second-order valence-corrected chi connectivity index (χ2v) is 4.39. The number of rotatable bonds is 1. The largest absolute Gasteiger partial charge is 1.00 e. The molecule has 0 unspecified atom stereocenters. The minimum atomic E-state index is -0.203. The number of benzene rings is 1. The zero-order valence-corrected chi connectivity index (χ0v) is 14.0. The predicted octanol–water partition coefficient (Wildman–Crippen LogP) is -0.766. The van der Waals surface area contributed by atoms with Crippen LogP contribution in [0.1, 0.15) is 13.9 Å². The number of hydrogen-bond donors (Lipinski definition) is 1. The van der Waals surface area contributed by atoms with Crippen molar-refractivity contribution in [2.75, 3.05) is 0 Å². The van der Waals surface area contributed by atoms with Gasteiger partial charge in [-0.3, -0.25) is 10.1 Å². The number of aliphatic imine (C=N–C) groups is 1. The molecule has 2 rings (SSSR count). The predicted molar refractivity (Wildman–Crippen MR) is 68.9 cm³/mol. The Labute approximate surface area is 153 Å². The van der Waals surface area contributed by atoms with Gasteiger partial charge in [0.25, 0.3) is 5.91 Å². The summed E-state index contributed by atoms with van der Waals surface area (Å²) in [5.41, 5.74) is 1.87. The molecule has 0 atom stereocenters. The van der Waals surface area contributed by atoms with E-state index in [1.54, 1.807) is 6.19 Å². The molecule has 86 valence electrons. The van der Waals surface area contributed by atoms with E-state index in [9.17, 15) is 4.79 Å². The Morgan fingerprint density at radius 1 is 1.44 bits per heavy atom. The number of carbonyl (C=O) groups excluding carboxylic acids is 1. The van der Waals surface area contributed by atoms with Crippen molar-refractivity contribution >= 4 is 28.4 Å². The van der Waals surface area contributed by atoms with E-state index in [1.807, 2.05) is 37.3 Å². The maximum atomic E-state index is 11.7. The van der Waals surface area contributed by atoms with Gasteiger partial charge in [0.05, 0.1) is 4.91 Å². The second kappa shape index (κ2) is 7.24. The van der Waals surface area contributed by atoms with Gasteiger partial charge in [0, 0.05) is 0 Å². The third kappa shape index (κ3) is 3.54. The van der Waals surface area contributed by atoms with E-state index in [4.69, 9.17) is 5.26 Å². The molecule has 0 aromatic heterocycles. The molecular weight excluding hydrogens is 273 g/mol. The summed E-state index contributed by atoms with van der Waals surface area (Å²) in [7, 11) is 0. The maximum absolute atomic E-state index is 11.7. The first kappa shape index (κ1) is 15.6. The van der Waals surface area contributed by atoms with Crippen molar-refractivity contribution in [2.45, 2.75) is 6.92 Å². The number of hydrogen-bond acceptors (Lipinski definition) is 4. The van der Waals surface area contributed by atoms with Crippen LogP contribution in [0.2, 0.25) is 0 Å². The summed E-state index contributed by atoms with van der Waals surface area (Å²) in [6.07, 6.45) is 1.66. The van der Waals surface area contributed by atoms with Crippen LogP contribution in [0.15, 0.2) is 40.2 Å². The molecule has 0 spiro atoms. The zero-order valence-electron chi connectivity index (χ0n) is 11.1. The fourth-order valence-corrected chi connectivity index (χ4v) is 2.32. The van der Waals surface area contributed by atoms with Crippen molar-refractivity contribution < 1.29 is 57.6 Å². The molecule has 6 heteroatoms. The van der Waals surface area contributed by atoms with Crippen LogP contribution in [-0.4, -0.2) is 11.1 Å². The quantitative estimate of drug-likeness (QED) is 0.418. The van der Waals surface area contributed by atoms with Crippen LogP contribution in [0.4, 0.5) is 0 Å². The fourth-order valence-electron chi connectivity index (χ4n) is 1.48. The van der Waals surface area contributed by atoms with Crippen LogP contribution in [0.3, 0.4) is 0 Å². The monoisotopic (exact) mass is 283 g/mol. The van der Waals surface area contributed by atoms with Crippen LogP contribution in [-0.2, 0) is 4.79 Å². The van der Waals surface area contributed by atoms with Gasteiger partial charge in [-0.05, 0) is 29.8 Å². The molecule has 1 aliphatic heterocycles. The van der Waals surface area contributed by atoms with E-state index in [2.05, 4.69) is 10.3 Å². The van der Waals surface area contributed by atoms with Crippen molar-refractivity contribution in [3.05, 3.63) is 40.8 Å².